The summed E-state index contributed by atoms with van der Waals surface area (Å²) in [6, 6.07) is 5.64. The van der Waals surface area contributed by atoms with Crippen molar-refractivity contribution in [3.8, 4) is 0 Å². The third-order valence-electron chi connectivity index (χ3n) is 2.24. The maximum atomic E-state index is 12.8. The second-order valence-corrected chi connectivity index (χ2v) is 3.46. The van der Waals surface area contributed by atoms with Gasteiger partial charge in [-0.1, -0.05) is 12.1 Å². The molecule has 4 heteroatoms. The van der Waals surface area contributed by atoms with Crippen LogP contribution < -0.4 is 5.32 Å². The summed E-state index contributed by atoms with van der Waals surface area (Å²) in [7, 11) is 1.77. The molecule has 84 valence electrons. The summed E-state index contributed by atoms with van der Waals surface area (Å²) in [6.45, 7) is 0.605. The number of hydrogen-bond donors (Lipinski definition) is 3. The smallest absolute Gasteiger partial charge is 0.123 e. The molecule has 0 heterocycles. The fourth-order valence-corrected chi connectivity index (χ4v) is 1.36. The molecule has 0 aliphatic carbocycles. The molecule has 0 saturated heterocycles. The Morgan fingerprint density at radius 1 is 1.40 bits per heavy atom. The number of aliphatic hydroxyl groups is 2. The molecule has 0 radical (unpaired) electrons. The third kappa shape index (κ3) is 3.58. The SMILES string of the molecule is CNCCC(O)C(O)c1cccc(F)c1. The Morgan fingerprint density at radius 3 is 2.73 bits per heavy atom. The molecule has 0 spiro atoms. The number of nitrogens with one attached hydrogen (secondary N) is 1. The predicted octanol–water partition coefficient (Wildman–Crippen LogP) is 0.829. The van der Waals surface area contributed by atoms with Gasteiger partial charge in [0.1, 0.15) is 11.9 Å². The average molecular weight is 213 g/mol. The van der Waals surface area contributed by atoms with E-state index in [0.717, 1.165) is 0 Å². The Kier molecular flexibility index (Phi) is 4.68. The normalized spacial score (nSPS) is 14.9. The van der Waals surface area contributed by atoms with Gasteiger partial charge < -0.3 is 15.5 Å². The van der Waals surface area contributed by atoms with Crippen molar-refractivity contribution in [3.05, 3.63) is 35.6 Å². The zero-order chi connectivity index (χ0) is 11.3. The molecular weight excluding hydrogens is 197 g/mol. The van der Waals surface area contributed by atoms with Crippen LogP contribution in [-0.2, 0) is 0 Å². The molecule has 1 aromatic rings. The maximum absolute atomic E-state index is 12.8. The Labute approximate surface area is 88.6 Å². The van der Waals surface area contributed by atoms with Crippen molar-refractivity contribution in [2.75, 3.05) is 13.6 Å². The van der Waals surface area contributed by atoms with Gasteiger partial charge in [0.15, 0.2) is 0 Å². The van der Waals surface area contributed by atoms with Gasteiger partial charge in [-0.2, -0.15) is 0 Å². The zero-order valence-corrected chi connectivity index (χ0v) is 8.65. The lowest BCUT2D eigenvalue weighted by Crippen LogP contribution is -2.23. The van der Waals surface area contributed by atoms with Crippen LogP contribution in [0.4, 0.5) is 4.39 Å². The van der Waals surface area contributed by atoms with Crippen molar-refractivity contribution >= 4 is 0 Å². The summed E-state index contributed by atoms with van der Waals surface area (Å²) in [6.07, 6.45) is -1.48. The van der Waals surface area contributed by atoms with E-state index in [1.54, 1.807) is 13.1 Å². The lowest BCUT2D eigenvalue weighted by molar-refractivity contribution is 0.0139. The zero-order valence-electron chi connectivity index (χ0n) is 8.65. The van der Waals surface area contributed by atoms with E-state index in [0.29, 0.717) is 18.5 Å². The predicted molar refractivity (Wildman–Crippen MR) is 55.9 cm³/mol. The van der Waals surface area contributed by atoms with Gasteiger partial charge in [-0.15, -0.1) is 0 Å². The van der Waals surface area contributed by atoms with Crippen LogP contribution in [0.5, 0.6) is 0 Å². The van der Waals surface area contributed by atoms with E-state index >= 15 is 0 Å². The Balaban J connectivity index is 2.62. The van der Waals surface area contributed by atoms with Crippen LogP contribution in [0.3, 0.4) is 0 Å². The van der Waals surface area contributed by atoms with Crippen LogP contribution in [0.25, 0.3) is 0 Å². The monoisotopic (exact) mass is 213 g/mol. The van der Waals surface area contributed by atoms with Crippen molar-refractivity contribution in [2.24, 2.45) is 0 Å². The summed E-state index contributed by atoms with van der Waals surface area (Å²) in [5.74, 6) is -0.410. The fraction of sp³-hybridized carbons (Fsp3) is 0.455. The third-order valence-corrected chi connectivity index (χ3v) is 2.24. The first-order valence-corrected chi connectivity index (χ1v) is 4.91. The fourth-order valence-electron chi connectivity index (χ4n) is 1.36. The van der Waals surface area contributed by atoms with E-state index in [2.05, 4.69) is 5.32 Å². The molecule has 1 rings (SSSR count). The van der Waals surface area contributed by atoms with E-state index < -0.39 is 18.0 Å². The molecule has 0 aliphatic heterocycles. The number of rotatable bonds is 5. The van der Waals surface area contributed by atoms with Crippen LogP contribution in [-0.4, -0.2) is 29.9 Å². The van der Waals surface area contributed by atoms with Gasteiger partial charge in [0.05, 0.1) is 6.10 Å². The topological polar surface area (TPSA) is 52.5 Å². The van der Waals surface area contributed by atoms with Crippen LogP contribution in [0, 0.1) is 5.82 Å². The van der Waals surface area contributed by atoms with Gasteiger partial charge in [0.2, 0.25) is 0 Å². The highest BCUT2D eigenvalue weighted by molar-refractivity contribution is 5.19. The van der Waals surface area contributed by atoms with E-state index in [4.69, 9.17) is 0 Å². The van der Waals surface area contributed by atoms with Crippen LogP contribution >= 0.6 is 0 Å². The van der Waals surface area contributed by atoms with E-state index in [1.807, 2.05) is 0 Å². The van der Waals surface area contributed by atoms with Gasteiger partial charge in [-0.3, -0.25) is 0 Å². The minimum Gasteiger partial charge on any atom is -0.390 e. The number of aliphatic hydroxyl groups excluding tert-OH is 2. The molecule has 3 N–H and O–H groups in total. The summed E-state index contributed by atoms with van der Waals surface area (Å²) in [5, 5.41) is 22.1. The van der Waals surface area contributed by atoms with Crippen LogP contribution in [0.15, 0.2) is 24.3 Å². The molecule has 2 unspecified atom stereocenters. The molecule has 2 atom stereocenters. The Morgan fingerprint density at radius 2 is 2.13 bits per heavy atom. The number of benzene rings is 1. The van der Waals surface area contributed by atoms with E-state index in [-0.39, 0.29) is 0 Å². The lowest BCUT2D eigenvalue weighted by Gasteiger charge is -2.17. The van der Waals surface area contributed by atoms with E-state index in [9.17, 15) is 14.6 Å². The summed E-state index contributed by atoms with van der Waals surface area (Å²) in [4.78, 5) is 0. The van der Waals surface area contributed by atoms with Crippen molar-refractivity contribution in [1.29, 1.82) is 0 Å². The minimum absolute atomic E-state index is 0.401. The molecule has 15 heavy (non-hydrogen) atoms. The first-order chi connectivity index (χ1) is 7.15. The first kappa shape index (κ1) is 12.1. The summed E-state index contributed by atoms with van der Waals surface area (Å²) >= 11 is 0. The largest absolute Gasteiger partial charge is 0.390 e. The van der Waals surface area contributed by atoms with Gasteiger partial charge in [-0.25, -0.2) is 4.39 Å². The summed E-state index contributed by atoms with van der Waals surface area (Å²) in [5.41, 5.74) is 0.401. The molecular formula is C11H16FNO2. The second kappa shape index (κ2) is 5.80. The van der Waals surface area contributed by atoms with Gasteiger partial charge in [0.25, 0.3) is 0 Å². The van der Waals surface area contributed by atoms with Crippen LogP contribution in [0.2, 0.25) is 0 Å². The highest BCUT2D eigenvalue weighted by atomic mass is 19.1. The first-order valence-electron chi connectivity index (χ1n) is 4.91. The van der Waals surface area contributed by atoms with Crippen molar-refractivity contribution in [1.82, 2.24) is 5.32 Å². The van der Waals surface area contributed by atoms with Crippen molar-refractivity contribution in [3.63, 3.8) is 0 Å². The van der Waals surface area contributed by atoms with Gasteiger partial charge in [-0.05, 0) is 37.7 Å². The van der Waals surface area contributed by atoms with E-state index in [1.165, 1.54) is 18.2 Å². The van der Waals surface area contributed by atoms with Gasteiger partial charge >= 0.3 is 0 Å². The molecule has 0 saturated carbocycles. The Bertz CT molecular complexity index is 306. The van der Waals surface area contributed by atoms with Crippen molar-refractivity contribution in [2.45, 2.75) is 18.6 Å². The molecule has 0 bridgehead atoms. The second-order valence-electron chi connectivity index (χ2n) is 3.46. The molecule has 1 aromatic carbocycles. The van der Waals surface area contributed by atoms with Crippen LogP contribution in [0.1, 0.15) is 18.1 Å². The minimum atomic E-state index is -1.03. The maximum Gasteiger partial charge on any atom is 0.123 e. The highest BCUT2D eigenvalue weighted by Crippen LogP contribution is 2.19. The molecule has 3 nitrogen and oxygen atoms in total. The highest BCUT2D eigenvalue weighted by Gasteiger charge is 2.17. The average Bonchev–Trinajstić information content (AvgIpc) is 2.24. The van der Waals surface area contributed by atoms with Crippen molar-refractivity contribution < 1.29 is 14.6 Å². The molecule has 0 amide bonds. The number of halogens is 1. The molecule has 0 aromatic heterocycles. The van der Waals surface area contributed by atoms with Gasteiger partial charge in [0, 0.05) is 0 Å². The quantitative estimate of drug-likeness (QED) is 0.679. The standard InChI is InChI=1S/C11H16FNO2/c1-13-6-5-10(14)11(15)8-3-2-4-9(12)7-8/h2-4,7,10-11,13-15H,5-6H2,1H3. The lowest BCUT2D eigenvalue weighted by atomic mass is 10.0. The molecule has 0 fully saturated rings. The summed E-state index contributed by atoms with van der Waals surface area (Å²) < 4.78 is 12.8. The Hall–Kier alpha value is -0.970. The molecule has 0 aliphatic rings. The number of hydrogen-bond acceptors (Lipinski definition) is 3.